The van der Waals surface area contributed by atoms with Gasteiger partial charge in [-0.2, -0.15) is 0 Å². The Labute approximate surface area is 157 Å². The van der Waals surface area contributed by atoms with E-state index in [-0.39, 0.29) is 5.43 Å². The first-order chi connectivity index (χ1) is 13.1. The molecule has 3 nitrogen and oxygen atoms in total. The van der Waals surface area contributed by atoms with Gasteiger partial charge in [-0.1, -0.05) is 55.1 Å². The van der Waals surface area contributed by atoms with Gasteiger partial charge in [-0.25, -0.2) is 0 Å². The summed E-state index contributed by atoms with van der Waals surface area (Å²) in [4.78, 5) is 12.8. The largest absolute Gasteiger partial charge is 0.463 e. The van der Waals surface area contributed by atoms with Gasteiger partial charge in [0.2, 0.25) is 0 Å². The minimum absolute atomic E-state index is 0.0312. The minimum Gasteiger partial charge on any atom is -0.463 e. The number of nitrogens with one attached hydrogen (secondary N) is 1. The number of allylic oxidation sites excluding steroid dienone is 1. The van der Waals surface area contributed by atoms with Crippen LogP contribution in [0.15, 0.2) is 94.9 Å². The fraction of sp³-hybridized carbons (Fsp3) is 0.0417. The molecule has 0 saturated heterocycles. The van der Waals surface area contributed by atoms with Crippen LogP contribution < -0.4 is 10.7 Å². The number of hydrogen-bond donors (Lipinski definition) is 1. The van der Waals surface area contributed by atoms with Crippen molar-refractivity contribution < 1.29 is 4.42 Å². The van der Waals surface area contributed by atoms with Crippen LogP contribution in [-0.2, 0) is 0 Å². The van der Waals surface area contributed by atoms with E-state index in [1.165, 1.54) is 6.26 Å². The van der Waals surface area contributed by atoms with Gasteiger partial charge >= 0.3 is 0 Å². The first-order valence-electron chi connectivity index (χ1n) is 8.76. The van der Waals surface area contributed by atoms with Crippen LogP contribution in [0.3, 0.4) is 0 Å². The molecule has 0 spiro atoms. The summed E-state index contributed by atoms with van der Waals surface area (Å²) in [7, 11) is 0. The molecule has 0 aliphatic carbocycles. The van der Waals surface area contributed by atoms with Crippen molar-refractivity contribution in [3.05, 3.63) is 101 Å². The number of hydrogen-bond acceptors (Lipinski definition) is 3. The average Bonchev–Trinajstić information content (AvgIpc) is 2.69. The molecule has 0 saturated carbocycles. The van der Waals surface area contributed by atoms with E-state index in [1.807, 2.05) is 73.7 Å². The van der Waals surface area contributed by atoms with Crippen LogP contribution >= 0.6 is 0 Å². The van der Waals surface area contributed by atoms with Gasteiger partial charge in [0.15, 0.2) is 5.43 Å². The molecule has 0 fully saturated rings. The molecule has 1 aromatic heterocycles. The van der Waals surface area contributed by atoms with E-state index in [2.05, 4.69) is 11.9 Å². The zero-order valence-electron chi connectivity index (χ0n) is 15.0. The lowest BCUT2D eigenvalue weighted by molar-refractivity contribution is 0.605. The van der Waals surface area contributed by atoms with Gasteiger partial charge in [0.1, 0.15) is 11.8 Å². The van der Waals surface area contributed by atoms with Crippen molar-refractivity contribution in [2.24, 2.45) is 0 Å². The van der Waals surface area contributed by atoms with E-state index in [1.54, 1.807) is 6.07 Å². The maximum absolute atomic E-state index is 12.8. The normalized spacial score (nSPS) is 10.7. The van der Waals surface area contributed by atoms with Gasteiger partial charge in [0.05, 0.1) is 10.9 Å². The van der Waals surface area contributed by atoms with Gasteiger partial charge in [-0.3, -0.25) is 4.79 Å². The highest BCUT2D eigenvalue weighted by Crippen LogP contribution is 2.28. The number of fused-ring (bicyclic) bond motifs is 1. The topological polar surface area (TPSA) is 42.2 Å². The number of para-hydroxylation sites is 1. The average molecular weight is 353 g/mol. The summed E-state index contributed by atoms with van der Waals surface area (Å²) in [5.41, 5.74) is 5.80. The Morgan fingerprint density at radius 3 is 2.48 bits per heavy atom. The summed E-state index contributed by atoms with van der Waals surface area (Å²) in [5.74, 6) is 0. The Morgan fingerprint density at radius 1 is 0.963 bits per heavy atom. The molecule has 4 rings (SSSR count). The third kappa shape index (κ3) is 3.27. The molecule has 0 amide bonds. The highest BCUT2D eigenvalue weighted by atomic mass is 16.3. The monoisotopic (exact) mass is 353 g/mol. The lowest BCUT2D eigenvalue weighted by atomic mass is 10.0. The van der Waals surface area contributed by atoms with Crippen molar-refractivity contribution in [2.45, 2.75) is 6.92 Å². The van der Waals surface area contributed by atoms with Crippen LogP contribution in [0, 0.1) is 0 Å². The Bertz CT molecular complexity index is 1190. The summed E-state index contributed by atoms with van der Waals surface area (Å²) < 4.78 is 5.78. The summed E-state index contributed by atoms with van der Waals surface area (Å²) in [6.07, 6.45) is 1.53. The molecule has 0 atom stereocenters. The predicted octanol–water partition coefficient (Wildman–Crippen LogP) is 6.24. The maximum Gasteiger partial charge on any atom is 0.200 e. The first kappa shape index (κ1) is 16.9. The highest BCUT2D eigenvalue weighted by molar-refractivity contribution is 5.86. The van der Waals surface area contributed by atoms with Crippen molar-refractivity contribution in [1.29, 1.82) is 0 Å². The van der Waals surface area contributed by atoms with E-state index in [9.17, 15) is 4.79 Å². The van der Waals surface area contributed by atoms with E-state index in [4.69, 9.17) is 4.42 Å². The highest BCUT2D eigenvalue weighted by Gasteiger charge is 2.10. The van der Waals surface area contributed by atoms with Crippen LogP contribution in [0.4, 0.5) is 11.4 Å². The molecule has 4 aromatic rings. The molecule has 3 heteroatoms. The molecule has 0 radical (unpaired) electrons. The molecular formula is C24H19NO2. The number of benzene rings is 3. The van der Waals surface area contributed by atoms with Crippen LogP contribution in [0.25, 0.3) is 27.7 Å². The van der Waals surface area contributed by atoms with Crippen molar-refractivity contribution in [3.8, 4) is 11.1 Å². The van der Waals surface area contributed by atoms with Crippen LogP contribution in [0.5, 0.6) is 0 Å². The molecule has 3 aromatic carbocycles. The zero-order chi connectivity index (χ0) is 18.8. The number of anilines is 2. The second kappa shape index (κ2) is 6.96. The third-order valence-corrected chi connectivity index (χ3v) is 4.53. The molecule has 1 N–H and O–H groups in total. The van der Waals surface area contributed by atoms with Crippen LogP contribution in [-0.4, -0.2) is 0 Å². The van der Waals surface area contributed by atoms with Crippen molar-refractivity contribution in [1.82, 2.24) is 0 Å². The van der Waals surface area contributed by atoms with Crippen molar-refractivity contribution in [3.63, 3.8) is 0 Å². The van der Waals surface area contributed by atoms with Crippen LogP contribution in [0.2, 0.25) is 0 Å². The fourth-order valence-corrected chi connectivity index (χ4v) is 3.14. The molecule has 1 heterocycles. The molecule has 0 aliphatic rings. The van der Waals surface area contributed by atoms with Gasteiger partial charge in [0, 0.05) is 23.0 Å². The van der Waals surface area contributed by atoms with Gasteiger partial charge < -0.3 is 9.73 Å². The lowest BCUT2D eigenvalue weighted by Crippen LogP contribution is -2.05. The smallest absolute Gasteiger partial charge is 0.200 e. The Kier molecular flexibility index (Phi) is 4.35. The quantitative estimate of drug-likeness (QED) is 0.472. The molecule has 132 valence electrons. The molecule has 27 heavy (non-hydrogen) atoms. The van der Waals surface area contributed by atoms with Gasteiger partial charge in [-0.15, -0.1) is 0 Å². The van der Waals surface area contributed by atoms with Crippen molar-refractivity contribution in [2.75, 3.05) is 5.32 Å². The minimum atomic E-state index is -0.0312. The zero-order valence-corrected chi connectivity index (χ0v) is 15.0. The first-order valence-corrected chi connectivity index (χ1v) is 8.76. The van der Waals surface area contributed by atoms with Crippen molar-refractivity contribution >= 4 is 27.9 Å². The van der Waals surface area contributed by atoms with Crippen LogP contribution in [0.1, 0.15) is 12.5 Å². The van der Waals surface area contributed by atoms with E-state index >= 15 is 0 Å². The summed E-state index contributed by atoms with van der Waals surface area (Å²) in [6.45, 7) is 6.01. The Balaban J connectivity index is 1.74. The van der Waals surface area contributed by atoms with Gasteiger partial charge in [-0.05, 0) is 36.3 Å². The van der Waals surface area contributed by atoms with E-state index < -0.39 is 0 Å². The maximum atomic E-state index is 12.8. The fourth-order valence-electron chi connectivity index (χ4n) is 3.14. The third-order valence-electron chi connectivity index (χ3n) is 4.53. The molecule has 0 aliphatic heterocycles. The lowest BCUT2D eigenvalue weighted by Gasteiger charge is -2.12. The Hall–Kier alpha value is -3.59. The summed E-state index contributed by atoms with van der Waals surface area (Å²) in [5, 5.41) is 3.95. The molecule has 0 unspecified atom stereocenters. The predicted molar refractivity (Wildman–Crippen MR) is 112 cm³/mol. The summed E-state index contributed by atoms with van der Waals surface area (Å²) >= 11 is 0. The second-order valence-electron chi connectivity index (χ2n) is 6.51. The Morgan fingerprint density at radius 2 is 1.70 bits per heavy atom. The number of rotatable bonds is 4. The molecule has 0 bridgehead atoms. The SMILES string of the molecule is C=C(C)c1ccccc1Nc1ccc2c(=O)c(-c3ccccc3)coc2c1. The van der Waals surface area contributed by atoms with E-state index in [0.29, 0.717) is 16.5 Å². The molecular weight excluding hydrogens is 334 g/mol. The van der Waals surface area contributed by atoms with E-state index in [0.717, 1.165) is 28.1 Å². The standard InChI is InChI=1S/C24H19NO2/c1-16(2)19-10-6-7-11-22(19)25-18-12-13-20-23(14-18)27-15-21(24(20)26)17-8-4-3-5-9-17/h3-15,25H,1H2,2H3. The van der Waals surface area contributed by atoms with Gasteiger partial charge in [0.25, 0.3) is 0 Å². The summed E-state index contributed by atoms with van der Waals surface area (Å²) in [6, 6.07) is 23.1. The second-order valence-corrected chi connectivity index (χ2v) is 6.51.